The molecule has 34 heavy (non-hydrogen) atoms. The summed E-state index contributed by atoms with van der Waals surface area (Å²) in [6.07, 6.45) is 1.80. The normalized spacial score (nSPS) is 17.8. The minimum atomic E-state index is -0.271. The first-order chi connectivity index (χ1) is 16.4. The molecule has 0 aliphatic carbocycles. The number of nitrogens with zero attached hydrogens (tertiary/aromatic N) is 3. The highest BCUT2D eigenvalue weighted by molar-refractivity contribution is 7.80. The second-order valence-electron chi connectivity index (χ2n) is 8.85. The summed E-state index contributed by atoms with van der Waals surface area (Å²) in [5.41, 5.74) is 8.91. The Hall–Kier alpha value is -3.51. The summed E-state index contributed by atoms with van der Waals surface area (Å²) in [5.74, 6) is -0.271. The van der Waals surface area contributed by atoms with Crippen LogP contribution in [-0.2, 0) is 0 Å². The van der Waals surface area contributed by atoms with Crippen LogP contribution in [-0.4, -0.2) is 14.7 Å². The van der Waals surface area contributed by atoms with Gasteiger partial charge in [-0.25, -0.2) is 4.39 Å². The van der Waals surface area contributed by atoms with Gasteiger partial charge in [-0.1, -0.05) is 18.2 Å². The molecule has 1 N–H and O–H groups in total. The molecular weight excluding hydrogens is 443 g/mol. The van der Waals surface area contributed by atoms with Crippen molar-refractivity contribution in [2.45, 2.75) is 39.8 Å². The van der Waals surface area contributed by atoms with Gasteiger partial charge in [0.05, 0.1) is 17.8 Å². The van der Waals surface area contributed by atoms with Crippen molar-refractivity contribution in [3.8, 4) is 5.69 Å². The number of hydrogen-bond donors (Lipinski definition) is 1. The fourth-order valence-electron chi connectivity index (χ4n) is 4.99. The van der Waals surface area contributed by atoms with Crippen LogP contribution in [0.25, 0.3) is 5.69 Å². The molecule has 0 spiro atoms. The predicted octanol–water partition coefficient (Wildman–Crippen LogP) is 6.42. The van der Waals surface area contributed by atoms with Crippen molar-refractivity contribution in [3.63, 3.8) is 0 Å². The summed E-state index contributed by atoms with van der Waals surface area (Å²) in [4.78, 5) is 6.73. The van der Waals surface area contributed by atoms with Gasteiger partial charge >= 0.3 is 0 Å². The Morgan fingerprint density at radius 2 is 1.71 bits per heavy atom. The average molecular weight is 471 g/mol. The lowest BCUT2D eigenvalue weighted by Crippen LogP contribution is -2.29. The molecule has 0 bridgehead atoms. The highest BCUT2D eigenvalue weighted by Crippen LogP contribution is 2.43. The van der Waals surface area contributed by atoms with E-state index >= 15 is 0 Å². The lowest BCUT2D eigenvalue weighted by atomic mass is 9.96. The second kappa shape index (κ2) is 8.69. The smallest absolute Gasteiger partial charge is 0.174 e. The quantitative estimate of drug-likeness (QED) is 0.349. The largest absolute Gasteiger partial charge is 0.351 e. The molecule has 1 saturated heterocycles. The fraction of sp³-hybridized carbons (Fsp3) is 0.214. The maximum Gasteiger partial charge on any atom is 0.174 e. The highest BCUT2D eigenvalue weighted by atomic mass is 32.1. The van der Waals surface area contributed by atoms with E-state index in [1.165, 1.54) is 28.9 Å². The third-order valence-electron chi connectivity index (χ3n) is 6.81. The van der Waals surface area contributed by atoms with Crippen LogP contribution in [0.4, 0.5) is 10.1 Å². The molecule has 4 nitrogen and oxygen atoms in total. The van der Waals surface area contributed by atoms with Crippen molar-refractivity contribution in [2.24, 2.45) is 0 Å². The Morgan fingerprint density at radius 1 is 0.941 bits per heavy atom. The summed E-state index contributed by atoms with van der Waals surface area (Å²) in [5, 5.41) is 4.09. The Bertz CT molecular complexity index is 1360. The standard InChI is InChI=1S/C28H27FN4S/c1-17-8-7-10-25(19(17)3)32-18(2)16-23(20(32)4)27-26(24-9-5-6-15-30-24)31-28(34)33(27)22-13-11-21(29)12-14-22/h5-16,26-27H,1-4H3,(H,31,34)/t26-,27+/m0/s1. The number of aromatic nitrogens is 2. The molecule has 3 heterocycles. The minimum absolute atomic E-state index is 0.141. The van der Waals surface area contributed by atoms with Gasteiger partial charge in [0.25, 0.3) is 0 Å². The fourth-order valence-corrected chi connectivity index (χ4v) is 5.33. The molecule has 5 rings (SSSR count). The van der Waals surface area contributed by atoms with E-state index in [1.54, 1.807) is 18.3 Å². The Labute approximate surface area is 205 Å². The first-order valence-electron chi connectivity index (χ1n) is 11.4. The number of aryl methyl sites for hydroxylation is 2. The van der Waals surface area contributed by atoms with Gasteiger partial charge in [-0.05, 0) is 105 Å². The maximum atomic E-state index is 13.7. The first kappa shape index (κ1) is 22.3. The van der Waals surface area contributed by atoms with Crippen LogP contribution in [0, 0.1) is 33.5 Å². The van der Waals surface area contributed by atoms with Crippen LogP contribution < -0.4 is 10.2 Å². The number of halogens is 1. The summed E-state index contributed by atoms with van der Waals surface area (Å²) in [6.45, 7) is 8.60. The molecule has 4 aromatic rings. The molecule has 2 aromatic carbocycles. The van der Waals surface area contributed by atoms with Crippen molar-refractivity contribution < 1.29 is 4.39 Å². The van der Waals surface area contributed by atoms with E-state index in [4.69, 9.17) is 12.2 Å². The monoisotopic (exact) mass is 470 g/mol. The first-order valence-corrected chi connectivity index (χ1v) is 11.8. The van der Waals surface area contributed by atoms with Gasteiger partial charge in [0.15, 0.2) is 5.11 Å². The van der Waals surface area contributed by atoms with Gasteiger partial charge in [-0.3, -0.25) is 4.98 Å². The Kier molecular flexibility index (Phi) is 5.70. The van der Waals surface area contributed by atoms with E-state index in [-0.39, 0.29) is 17.9 Å². The summed E-state index contributed by atoms with van der Waals surface area (Å²) in [7, 11) is 0. The third kappa shape index (κ3) is 3.68. The molecule has 0 radical (unpaired) electrons. The van der Waals surface area contributed by atoms with Crippen molar-refractivity contribution in [2.75, 3.05) is 4.90 Å². The average Bonchev–Trinajstić information content (AvgIpc) is 3.32. The molecule has 2 aromatic heterocycles. The van der Waals surface area contributed by atoms with Gasteiger partial charge in [-0.2, -0.15) is 0 Å². The van der Waals surface area contributed by atoms with Crippen LogP contribution in [0.1, 0.15) is 45.9 Å². The minimum Gasteiger partial charge on any atom is -0.351 e. The van der Waals surface area contributed by atoms with Crippen LogP contribution in [0.3, 0.4) is 0 Å². The number of rotatable bonds is 4. The van der Waals surface area contributed by atoms with Gasteiger partial charge in [0.1, 0.15) is 5.82 Å². The van der Waals surface area contributed by atoms with E-state index in [0.717, 1.165) is 28.3 Å². The predicted molar refractivity (Wildman–Crippen MR) is 139 cm³/mol. The zero-order valence-electron chi connectivity index (χ0n) is 19.7. The molecule has 0 unspecified atom stereocenters. The van der Waals surface area contributed by atoms with Gasteiger partial charge < -0.3 is 14.8 Å². The maximum absolute atomic E-state index is 13.7. The number of thiocarbonyl (C=S) groups is 1. The summed E-state index contributed by atoms with van der Waals surface area (Å²) < 4.78 is 16.0. The third-order valence-corrected chi connectivity index (χ3v) is 7.12. The zero-order valence-corrected chi connectivity index (χ0v) is 20.5. The number of hydrogen-bond acceptors (Lipinski definition) is 2. The SMILES string of the molecule is Cc1cccc(-n2c(C)cc([C@@H]3[C@H](c4ccccn4)NC(=S)N3c3ccc(F)cc3)c2C)c1C. The Morgan fingerprint density at radius 3 is 2.41 bits per heavy atom. The molecule has 1 aliphatic heterocycles. The summed E-state index contributed by atoms with van der Waals surface area (Å²) in [6, 6.07) is 20.8. The van der Waals surface area contributed by atoms with Crippen molar-refractivity contribution in [1.82, 2.24) is 14.9 Å². The molecule has 0 saturated carbocycles. The van der Waals surface area contributed by atoms with Crippen LogP contribution in [0.2, 0.25) is 0 Å². The topological polar surface area (TPSA) is 33.1 Å². The lowest BCUT2D eigenvalue weighted by molar-refractivity contribution is 0.565. The molecule has 0 amide bonds. The van der Waals surface area contributed by atoms with Crippen LogP contribution >= 0.6 is 12.2 Å². The van der Waals surface area contributed by atoms with E-state index in [2.05, 4.69) is 71.7 Å². The molecule has 6 heteroatoms. The van der Waals surface area contributed by atoms with Crippen LogP contribution in [0.15, 0.2) is 72.9 Å². The van der Waals surface area contributed by atoms with Crippen molar-refractivity contribution in [3.05, 3.63) is 113 Å². The number of anilines is 1. The molecule has 1 fully saturated rings. The molecular formula is C28H27FN4S. The van der Waals surface area contributed by atoms with Crippen LogP contribution in [0.5, 0.6) is 0 Å². The number of benzene rings is 2. The molecule has 1 aliphatic rings. The van der Waals surface area contributed by atoms with E-state index < -0.39 is 0 Å². The van der Waals surface area contributed by atoms with Crippen molar-refractivity contribution in [1.29, 1.82) is 0 Å². The molecule has 2 atom stereocenters. The van der Waals surface area contributed by atoms with E-state index in [0.29, 0.717) is 5.11 Å². The highest BCUT2D eigenvalue weighted by Gasteiger charge is 2.42. The van der Waals surface area contributed by atoms with Gasteiger partial charge in [0.2, 0.25) is 0 Å². The molecule has 172 valence electrons. The zero-order chi connectivity index (χ0) is 24.0. The second-order valence-corrected chi connectivity index (χ2v) is 9.24. The lowest BCUT2D eigenvalue weighted by Gasteiger charge is -2.28. The van der Waals surface area contributed by atoms with E-state index in [9.17, 15) is 4.39 Å². The Balaban J connectivity index is 1.70. The van der Waals surface area contributed by atoms with Gasteiger partial charge in [-0.15, -0.1) is 0 Å². The van der Waals surface area contributed by atoms with E-state index in [1.807, 2.05) is 18.2 Å². The van der Waals surface area contributed by atoms with Crippen molar-refractivity contribution >= 4 is 23.0 Å². The number of pyridine rings is 1. The number of nitrogens with one attached hydrogen (secondary N) is 1. The van der Waals surface area contributed by atoms with Gasteiger partial charge in [0, 0.05) is 29.0 Å². The summed E-state index contributed by atoms with van der Waals surface area (Å²) >= 11 is 5.81.